The van der Waals surface area contributed by atoms with Crippen LogP contribution in [0.3, 0.4) is 0 Å². The highest BCUT2D eigenvalue weighted by atomic mass is 32.2. The zero-order valence-corrected chi connectivity index (χ0v) is 12.2. The Balaban J connectivity index is 1.92. The van der Waals surface area contributed by atoms with Gasteiger partial charge in [0, 0.05) is 16.8 Å². The second-order valence-electron chi connectivity index (χ2n) is 4.05. The van der Waals surface area contributed by atoms with Gasteiger partial charge >= 0.3 is 0 Å². The molecule has 0 saturated heterocycles. The third-order valence-electron chi connectivity index (χ3n) is 2.40. The first-order chi connectivity index (χ1) is 9.04. The topological polar surface area (TPSA) is 42.0 Å². The number of nitrogens with zero attached hydrogens (tertiary/aromatic N) is 1. The third-order valence-corrected chi connectivity index (χ3v) is 4.54. The minimum absolute atomic E-state index is 0.161. The molecular formula is C13H13FN2OS2. The molecule has 0 atom stereocenters. The number of aryl methyl sites for hydroxylation is 2. The first kappa shape index (κ1) is 14.0. The smallest absolute Gasteiger partial charge is 0.234 e. The lowest BCUT2D eigenvalue weighted by atomic mass is 10.2. The van der Waals surface area contributed by atoms with Crippen LogP contribution in [0.15, 0.2) is 27.9 Å². The molecule has 100 valence electrons. The Morgan fingerprint density at radius 2 is 2.26 bits per heavy atom. The van der Waals surface area contributed by atoms with Crippen LogP contribution in [0, 0.1) is 19.7 Å². The molecule has 6 heteroatoms. The van der Waals surface area contributed by atoms with Crippen molar-refractivity contribution in [2.75, 3.05) is 11.1 Å². The van der Waals surface area contributed by atoms with Crippen molar-refractivity contribution in [3.8, 4) is 0 Å². The summed E-state index contributed by atoms with van der Waals surface area (Å²) in [6.45, 7) is 3.74. The van der Waals surface area contributed by atoms with Crippen LogP contribution in [0.4, 0.5) is 10.1 Å². The zero-order valence-electron chi connectivity index (χ0n) is 10.6. The lowest BCUT2D eigenvalue weighted by molar-refractivity contribution is -0.113. The first-order valence-electron chi connectivity index (χ1n) is 5.65. The SMILES string of the molecule is Cc1csc(SCC(=O)Nc2cc(F)ccc2C)n1. The number of hydrogen-bond donors (Lipinski definition) is 1. The molecule has 0 spiro atoms. The number of rotatable bonds is 4. The lowest BCUT2D eigenvalue weighted by Gasteiger charge is -2.07. The molecule has 1 aromatic carbocycles. The van der Waals surface area contributed by atoms with Gasteiger partial charge in [-0.1, -0.05) is 17.8 Å². The number of thiazole rings is 1. The van der Waals surface area contributed by atoms with E-state index in [4.69, 9.17) is 0 Å². The van der Waals surface area contributed by atoms with E-state index in [9.17, 15) is 9.18 Å². The molecule has 3 nitrogen and oxygen atoms in total. The van der Waals surface area contributed by atoms with Gasteiger partial charge in [0.05, 0.1) is 5.75 Å². The summed E-state index contributed by atoms with van der Waals surface area (Å²) in [7, 11) is 0. The van der Waals surface area contributed by atoms with Crippen molar-refractivity contribution in [3.05, 3.63) is 40.7 Å². The summed E-state index contributed by atoms with van der Waals surface area (Å²) in [4.78, 5) is 16.0. The fourth-order valence-electron chi connectivity index (χ4n) is 1.44. The molecule has 19 heavy (non-hydrogen) atoms. The minimum atomic E-state index is -0.357. The Bertz CT molecular complexity index is 598. The van der Waals surface area contributed by atoms with Crippen molar-refractivity contribution in [2.24, 2.45) is 0 Å². The number of halogens is 1. The van der Waals surface area contributed by atoms with Crippen LogP contribution in [0.2, 0.25) is 0 Å². The van der Waals surface area contributed by atoms with Gasteiger partial charge in [-0.25, -0.2) is 9.37 Å². The molecule has 1 N–H and O–H groups in total. The van der Waals surface area contributed by atoms with Crippen LogP contribution in [-0.4, -0.2) is 16.6 Å². The Hall–Kier alpha value is -1.40. The van der Waals surface area contributed by atoms with Crippen molar-refractivity contribution in [1.82, 2.24) is 4.98 Å². The molecule has 0 saturated carbocycles. The van der Waals surface area contributed by atoms with Gasteiger partial charge in [0.25, 0.3) is 0 Å². The summed E-state index contributed by atoms with van der Waals surface area (Å²) < 4.78 is 14.0. The highest BCUT2D eigenvalue weighted by molar-refractivity contribution is 8.01. The summed E-state index contributed by atoms with van der Waals surface area (Å²) in [5, 5.41) is 4.65. The number of aromatic nitrogens is 1. The lowest BCUT2D eigenvalue weighted by Crippen LogP contribution is -2.14. The number of amides is 1. The Morgan fingerprint density at radius 3 is 2.95 bits per heavy atom. The summed E-state index contributed by atoms with van der Waals surface area (Å²) in [5.74, 6) is -0.251. The summed E-state index contributed by atoms with van der Waals surface area (Å²) >= 11 is 2.90. The van der Waals surface area contributed by atoms with Crippen LogP contribution in [0.5, 0.6) is 0 Å². The van der Waals surface area contributed by atoms with Crippen LogP contribution in [0.25, 0.3) is 0 Å². The Kier molecular flexibility index (Phi) is 4.55. The van der Waals surface area contributed by atoms with E-state index in [0.29, 0.717) is 5.69 Å². The molecule has 0 fully saturated rings. The predicted octanol–water partition coefficient (Wildman–Crippen LogP) is 3.63. The molecule has 1 aromatic heterocycles. The molecule has 0 aliphatic carbocycles. The van der Waals surface area contributed by atoms with E-state index in [1.807, 2.05) is 19.2 Å². The number of anilines is 1. The molecule has 0 bridgehead atoms. The van der Waals surface area contributed by atoms with Crippen molar-refractivity contribution >= 4 is 34.7 Å². The predicted molar refractivity (Wildman–Crippen MR) is 77.3 cm³/mol. The van der Waals surface area contributed by atoms with Crippen LogP contribution in [0.1, 0.15) is 11.3 Å². The average molecular weight is 296 g/mol. The van der Waals surface area contributed by atoms with Crippen molar-refractivity contribution in [3.63, 3.8) is 0 Å². The molecule has 0 radical (unpaired) electrons. The maximum atomic E-state index is 13.1. The first-order valence-corrected chi connectivity index (χ1v) is 7.52. The quantitative estimate of drug-likeness (QED) is 0.876. The van der Waals surface area contributed by atoms with E-state index in [1.54, 1.807) is 6.07 Å². The van der Waals surface area contributed by atoms with Crippen LogP contribution >= 0.6 is 23.1 Å². The molecule has 0 aliphatic heterocycles. The molecule has 1 amide bonds. The minimum Gasteiger partial charge on any atom is -0.325 e. The second kappa shape index (κ2) is 6.16. The molecule has 2 rings (SSSR count). The van der Waals surface area contributed by atoms with Gasteiger partial charge in [0.2, 0.25) is 5.91 Å². The molecule has 1 heterocycles. The monoisotopic (exact) mass is 296 g/mol. The third kappa shape index (κ3) is 4.04. The number of hydrogen-bond acceptors (Lipinski definition) is 4. The number of carbonyl (C=O) groups is 1. The van der Waals surface area contributed by atoms with Gasteiger partial charge in [-0.15, -0.1) is 11.3 Å². The fraction of sp³-hybridized carbons (Fsp3) is 0.231. The van der Waals surface area contributed by atoms with E-state index in [-0.39, 0.29) is 17.5 Å². The molecule has 2 aromatic rings. The molecular weight excluding hydrogens is 283 g/mol. The maximum absolute atomic E-state index is 13.1. The number of carbonyl (C=O) groups excluding carboxylic acids is 1. The Morgan fingerprint density at radius 1 is 1.47 bits per heavy atom. The fourth-order valence-corrected chi connectivity index (χ4v) is 3.09. The largest absolute Gasteiger partial charge is 0.325 e. The Labute approximate surface area is 119 Å². The molecule has 0 unspecified atom stereocenters. The summed E-state index contributed by atoms with van der Waals surface area (Å²) in [6, 6.07) is 4.34. The van der Waals surface area contributed by atoms with Gasteiger partial charge in [-0.3, -0.25) is 4.79 Å². The second-order valence-corrected chi connectivity index (χ2v) is 6.13. The van der Waals surface area contributed by atoms with Gasteiger partial charge in [0.15, 0.2) is 4.34 Å². The molecule has 0 aliphatic rings. The van der Waals surface area contributed by atoms with Gasteiger partial charge in [-0.2, -0.15) is 0 Å². The van der Waals surface area contributed by atoms with E-state index in [2.05, 4.69) is 10.3 Å². The van der Waals surface area contributed by atoms with E-state index >= 15 is 0 Å². The van der Waals surface area contributed by atoms with Gasteiger partial charge in [-0.05, 0) is 31.5 Å². The van der Waals surface area contributed by atoms with Crippen LogP contribution < -0.4 is 5.32 Å². The number of thioether (sulfide) groups is 1. The summed E-state index contributed by atoms with van der Waals surface area (Å²) in [6.07, 6.45) is 0. The summed E-state index contributed by atoms with van der Waals surface area (Å²) in [5.41, 5.74) is 2.31. The highest BCUT2D eigenvalue weighted by Crippen LogP contribution is 2.23. The number of benzene rings is 1. The van der Waals surface area contributed by atoms with Crippen molar-refractivity contribution in [2.45, 2.75) is 18.2 Å². The van der Waals surface area contributed by atoms with Crippen LogP contribution in [-0.2, 0) is 4.79 Å². The van der Waals surface area contributed by atoms with E-state index in [1.165, 1.54) is 35.2 Å². The average Bonchev–Trinajstić information content (AvgIpc) is 2.77. The zero-order chi connectivity index (χ0) is 13.8. The standard InChI is InChI=1S/C13H13FN2OS2/c1-8-3-4-10(14)5-11(8)16-12(17)7-19-13-15-9(2)6-18-13/h3-6H,7H2,1-2H3,(H,16,17). The van der Waals surface area contributed by atoms with Crippen molar-refractivity contribution < 1.29 is 9.18 Å². The maximum Gasteiger partial charge on any atom is 0.234 e. The van der Waals surface area contributed by atoms with E-state index < -0.39 is 0 Å². The van der Waals surface area contributed by atoms with Crippen molar-refractivity contribution in [1.29, 1.82) is 0 Å². The van der Waals surface area contributed by atoms with Gasteiger partial charge in [0.1, 0.15) is 5.82 Å². The van der Waals surface area contributed by atoms with Gasteiger partial charge < -0.3 is 5.32 Å². The normalized spacial score (nSPS) is 10.5. The number of nitrogens with one attached hydrogen (secondary N) is 1. The highest BCUT2D eigenvalue weighted by Gasteiger charge is 2.08. The van der Waals surface area contributed by atoms with E-state index in [0.717, 1.165) is 15.6 Å².